The van der Waals surface area contributed by atoms with Crippen LogP contribution in [-0.4, -0.2) is 17.7 Å². The number of hydrogen-bond acceptors (Lipinski definition) is 7. The van der Waals surface area contributed by atoms with E-state index in [-0.39, 0.29) is 35.3 Å². The summed E-state index contributed by atoms with van der Waals surface area (Å²) in [6.45, 7) is 3.31. The summed E-state index contributed by atoms with van der Waals surface area (Å²) in [7, 11) is 0. The molecule has 0 amide bonds. The Labute approximate surface area is 149 Å². The molecule has 3 rings (SSSR count). The number of benzene rings is 1. The summed E-state index contributed by atoms with van der Waals surface area (Å²) >= 11 is 0. The second-order valence-corrected chi connectivity index (χ2v) is 5.87. The van der Waals surface area contributed by atoms with Crippen LogP contribution in [0.25, 0.3) is 0 Å². The molecular weight excluding hydrogens is 338 g/mol. The van der Waals surface area contributed by atoms with Crippen LogP contribution in [-0.2, 0) is 16.1 Å². The SMILES string of the molecule is CCOC(=O)C1=C(N)Oc2c(oc(CO)cc2=O)C1c1ccc(C)cc1. The van der Waals surface area contributed by atoms with Crippen molar-refractivity contribution < 1.29 is 23.8 Å². The van der Waals surface area contributed by atoms with Crippen LogP contribution in [0.1, 0.15) is 35.5 Å². The molecule has 0 bridgehead atoms. The number of esters is 1. The van der Waals surface area contributed by atoms with E-state index in [1.165, 1.54) is 0 Å². The van der Waals surface area contributed by atoms with Gasteiger partial charge in [0.15, 0.2) is 5.76 Å². The number of rotatable bonds is 4. The van der Waals surface area contributed by atoms with Gasteiger partial charge in [0.05, 0.1) is 12.5 Å². The molecule has 7 nitrogen and oxygen atoms in total. The lowest BCUT2D eigenvalue weighted by atomic mass is 9.86. The van der Waals surface area contributed by atoms with Crippen molar-refractivity contribution in [3.05, 3.63) is 74.7 Å². The lowest BCUT2D eigenvalue weighted by Crippen LogP contribution is -2.30. The van der Waals surface area contributed by atoms with Crippen LogP contribution in [0, 0.1) is 6.92 Å². The number of nitrogens with two attached hydrogens (primary N) is 1. The molecule has 1 aromatic carbocycles. The van der Waals surface area contributed by atoms with Crippen LogP contribution in [0.2, 0.25) is 0 Å². The number of carbonyl (C=O) groups is 1. The molecule has 3 N–H and O–H groups in total. The fourth-order valence-corrected chi connectivity index (χ4v) is 2.86. The van der Waals surface area contributed by atoms with E-state index in [1.807, 2.05) is 31.2 Å². The Morgan fingerprint density at radius 3 is 2.62 bits per heavy atom. The quantitative estimate of drug-likeness (QED) is 0.801. The highest BCUT2D eigenvalue weighted by molar-refractivity contribution is 5.92. The van der Waals surface area contributed by atoms with Crippen LogP contribution in [0.4, 0.5) is 0 Å². The van der Waals surface area contributed by atoms with Gasteiger partial charge in [-0.05, 0) is 19.4 Å². The Hall–Kier alpha value is -3.06. The summed E-state index contributed by atoms with van der Waals surface area (Å²) in [4.78, 5) is 24.8. The number of carbonyl (C=O) groups excluding carboxylic acids is 1. The van der Waals surface area contributed by atoms with Gasteiger partial charge in [-0.3, -0.25) is 4.79 Å². The van der Waals surface area contributed by atoms with Gasteiger partial charge < -0.3 is 24.7 Å². The maximum Gasteiger partial charge on any atom is 0.340 e. The number of aliphatic hydroxyl groups is 1. The Morgan fingerprint density at radius 1 is 1.31 bits per heavy atom. The van der Waals surface area contributed by atoms with Gasteiger partial charge in [0.2, 0.25) is 17.1 Å². The van der Waals surface area contributed by atoms with Crippen LogP contribution in [0.15, 0.2) is 51.0 Å². The van der Waals surface area contributed by atoms with Crippen molar-refractivity contribution in [2.45, 2.75) is 26.4 Å². The molecule has 7 heteroatoms. The predicted molar refractivity (Wildman–Crippen MR) is 92.4 cm³/mol. The van der Waals surface area contributed by atoms with Crippen LogP contribution < -0.4 is 15.9 Å². The van der Waals surface area contributed by atoms with Crippen molar-refractivity contribution in [1.82, 2.24) is 0 Å². The standard InChI is InChI=1S/C19H19NO6/c1-3-24-19(23)15-14(11-6-4-10(2)5-7-11)17-16(26-18(15)20)13(22)8-12(9-21)25-17/h4-8,14,21H,3,9,20H2,1-2H3. The summed E-state index contributed by atoms with van der Waals surface area (Å²) in [6.07, 6.45) is 0. The number of hydrogen-bond donors (Lipinski definition) is 2. The first kappa shape index (κ1) is 17.8. The van der Waals surface area contributed by atoms with Gasteiger partial charge in [-0.25, -0.2) is 4.79 Å². The second kappa shape index (κ2) is 7.05. The van der Waals surface area contributed by atoms with E-state index in [0.717, 1.165) is 11.6 Å². The molecule has 1 aliphatic rings. The van der Waals surface area contributed by atoms with Crippen LogP contribution in [0.5, 0.6) is 5.75 Å². The molecular formula is C19H19NO6. The molecule has 0 aliphatic carbocycles. The van der Waals surface area contributed by atoms with Gasteiger partial charge in [0.1, 0.15) is 17.9 Å². The van der Waals surface area contributed by atoms with Crippen molar-refractivity contribution in [3.8, 4) is 5.75 Å². The molecule has 26 heavy (non-hydrogen) atoms. The first-order valence-electron chi connectivity index (χ1n) is 8.15. The van der Waals surface area contributed by atoms with Crippen molar-refractivity contribution in [1.29, 1.82) is 0 Å². The third-order valence-electron chi connectivity index (χ3n) is 4.07. The lowest BCUT2D eigenvalue weighted by molar-refractivity contribution is -0.139. The molecule has 1 unspecified atom stereocenters. The van der Waals surface area contributed by atoms with Crippen molar-refractivity contribution >= 4 is 5.97 Å². The topological polar surface area (TPSA) is 112 Å². The zero-order valence-electron chi connectivity index (χ0n) is 14.4. The van der Waals surface area contributed by atoms with E-state index in [4.69, 9.17) is 19.6 Å². The fourth-order valence-electron chi connectivity index (χ4n) is 2.86. The van der Waals surface area contributed by atoms with Crippen LogP contribution >= 0.6 is 0 Å². The lowest BCUT2D eigenvalue weighted by Gasteiger charge is -2.27. The minimum atomic E-state index is -0.780. The molecule has 1 aromatic heterocycles. The van der Waals surface area contributed by atoms with Gasteiger partial charge in [-0.1, -0.05) is 29.8 Å². The van der Waals surface area contributed by atoms with Crippen molar-refractivity contribution in [3.63, 3.8) is 0 Å². The summed E-state index contributed by atoms with van der Waals surface area (Å²) < 4.78 is 16.2. The third kappa shape index (κ3) is 3.09. The van der Waals surface area contributed by atoms with Gasteiger partial charge in [-0.15, -0.1) is 0 Å². The van der Waals surface area contributed by atoms with E-state index in [1.54, 1.807) is 6.92 Å². The fraction of sp³-hybridized carbons (Fsp3) is 0.263. The summed E-state index contributed by atoms with van der Waals surface area (Å²) in [5.41, 5.74) is 7.23. The van der Waals surface area contributed by atoms with Crippen LogP contribution in [0.3, 0.4) is 0 Å². The first-order chi connectivity index (χ1) is 12.5. The smallest absolute Gasteiger partial charge is 0.340 e. The molecule has 1 aliphatic heterocycles. The zero-order valence-corrected chi connectivity index (χ0v) is 14.4. The average molecular weight is 357 g/mol. The Bertz CT molecular complexity index is 926. The highest BCUT2D eigenvalue weighted by Gasteiger charge is 2.39. The first-order valence-corrected chi connectivity index (χ1v) is 8.15. The monoisotopic (exact) mass is 357 g/mol. The van der Waals surface area contributed by atoms with E-state index in [9.17, 15) is 14.7 Å². The Morgan fingerprint density at radius 2 is 2.00 bits per heavy atom. The number of ether oxygens (including phenoxy) is 2. The Balaban J connectivity index is 2.26. The molecule has 0 saturated carbocycles. The van der Waals surface area contributed by atoms with Crippen molar-refractivity contribution in [2.24, 2.45) is 5.73 Å². The van der Waals surface area contributed by atoms with Gasteiger partial charge in [0, 0.05) is 6.07 Å². The average Bonchev–Trinajstić information content (AvgIpc) is 2.62. The van der Waals surface area contributed by atoms with E-state index >= 15 is 0 Å². The number of aliphatic hydroxyl groups excluding tert-OH is 1. The molecule has 136 valence electrons. The maximum absolute atomic E-state index is 12.5. The number of fused-ring (bicyclic) bond motifs is 1. The van der Waals surface area contributed by atoms with E-state index < -0.39 is 23.9 Å². The minimum absolute atomic E-state index is 0.0569. The molecule has 0 radical (unpaired) electrons. The molecule has 0 spiro atoms. The van der Waals surface area contributed by atoms with Gasteiger partial charge in [0.25, 0.3) is 0 Å². The minimum Gasteiger partial charge on any atom is -0.462 e. The summed E-state index contributed by atoms with van der Waals surface area (Å²) in [6, 6.07) is 8.50. The normalized spacial score (nSPS) is 16.0. The summed E-state index contributed by atoms with van der Waals surface area (Å²) in [5, 5.41) is 9.37. The van der Waals surface area contributed by atoms with Crippen molar-refractivity contribution in [2.75, 3.05) is 6.61 Å². The highest BCUT2D eigenvalue weighted by atomic mass is 16.5. The summed E-state index contributed by atoms with van der Waals surface area (Å²) in [5.74, 6) is -1.56. The molecule has 2 aromatic rings. The molecule has 1 atom stereocenters. The second-order valence-electron chi connectivity index (χ2n) is 5.87. The van der Waals surface area contributed by atoms with Gasteiger partial charge in [-0.2, -0.15) is 0 Å². The maximum atomic E-state index is 12.5. The molecule has 0 fully saturated rings. The largest absolute Gasteiger partial charge is 0.462 e. The van der Waals surface area contributed by atoms with E-state index in [2.05, 4.69) is 0 Å². The molecule has 0 saturated heterocycles. The Kier molecular flexibility index (Phi) is 4.81. The zero-order chi connectivity index (χ0) is 18.8. The predicted octanol–water partition coefficient (Wildman–Crippen LogP) is 1.70. The van der Waals surface area contributed by atoms with Gasteiger partial charge >= 0.3 is 5.97 Å². The number of aryl methyl sites for hydroxylation is 1. The highest BCUT2D eigenvalue weighted by Crippen LogP contribution is 2.41. The molecule has 2 heterocycles. The third-order valence-corrected chi connectivity index (χ3v) is 4.07. The van der Waals surface area contributed by atoms with E-state index in [0.29, 0.717) is 5.56 Å².